The Morgan fingerprint density at radius 2 is 2.00 bits per heavy atom. The molecule has 1 aromatic carbocycles. The molecule has 1 atom stereocenters. The summed E-state index contributed by atoms with van der Waals surface area (Å²) in [5, 5.41) is 12.7. The third kappa shape index (κ3) is 6.11. The second kappa shape index (κ2) is 7.28. The lowest BCUT2D eigenvalue weighted by molar-refractivity contribution is -0.274. The van der Waals surface area contributed by atoms with Gasteiger partial charge in [-0.25, -0.2) is 0 Å². The summed E-state index contributed by atoms with van der Waals surface area (Å²) in [6, 6.07) is 4.35. The van der Waals surface area contributed by atoms with E-state index < -0.39 is 12.5 Å². The standard InChI is InChI=1S/C13H17BrF3NO2/c1-8(2)11(19)7-18-6-9-3-4-12(10(14)5-9)20-13(15,16)17/h3-5,8,11,18-19H,6-7H2,1-2H3. The van der Waals surface area contributed by atoms with Crippen LogP contribution in [-0.2, 0) is 6.54 Å². The van der Waals surface area contributed by atoms with Gasteiger partial charge in [0.25, 0.3) is 0 Å². The minimum atomic E-state index is -4.70. The van der Waals surface area contributed by atoms with Crippen LogP contribution in [0, 0.1) is 5.92 Å². The summed E-state index contributed by atoms with van der Waals surface area (Å²) < 4.78 is 40.4. The highest BCUT2D eigenvalue weighted by Crippen LogP contribution is 2.30. The molecule has 0 saturated carbocycles. The quantitative estimate of drug-likeness (QED) is 0.821. The minimum Gasteiger partial charge on any atom is -0.405 e. The fourth-order valence-electron chi connectivity index (χ4n) is 1.46. The summed E-state index contributed by atoms with van der Waals surface area (Å²) in [5.74, 6) is -0.125. The number of halogens is 4. The predicted molar refractivity (Wildman–Crippen MR) is 73.4 cm³/mol. The molecular formula is C13H17BrF3NO2. The zero-order chi connectivity index (χ0) is 15.3. The number of benzene rings is 1. The maximum Gasteiger partial charge on any atom is 0.573 e. The van der Waals surface area contributed by atoms with Crippen LogP contribution in [0.3, 0.4) is 0 Å². The number of hydrogen-bond donors (Lipinski definition) is 2. The average molecular weight is 356 g/mol. The Kier molecular flexibility index (Phi) is 6.29. The molecule has 0 bridgehead atoms. The first-order valence-electron chi connectivity index (χ1n) is 6.12. The molecule has 0 aliphatic carbocycles. The monoisotopic (exact) mass is 355 g/mol. The molecule has 1 unspecified atom stereocenters. The van der Waals surface area contributed by atoms with Crippen molar-refractivity contribution in [3.63, 3.8) is 0 Å². The lowest BCUT2D eigenvalue weighted by Crippen LogP contribution is -2.30. The highest BCUT2D eigenvalue weighted by atomic mass is 79.9. The Morgan fingerprint density at radius 3 is 2.50 bits per heavy atom. The van der Waals surface area contributed by atoms with Gasteiger partial charge in [-0.05, 0) is 39.5 Å². The van der Waals surface area contributed by atoms with Crippen molar-refractivity contribution in [2.75, 3.05) is 6.54 Å². The Morgan fingerprint density at radius 1 is 1.35 bits per heavy atom. The van der Waals surface area contributed by atoms with Gasteiger partial charge in [0.2, 0.25) is 0 Å². The van der Waals surface area contributed by atoms with E-state index in [1.807, 2.05) is 13.8 Å². The fourth-order valence-corrected chi connectivity index (χ4v) is 1.97. The predicted octanol–water partition coefficient (Wildman–Crippen LogP) is 3.45. The molecule has 7 heteroatoms. The average Bonchev–Trinajstić information content (AvgIpc) is 2.30. The summed E-state index contributed by atoms with van der Waals surface area (Å²) in [5.41, 5.74) is 0.794. The van der Waals surface area contributed by atoms with Gasteiger partial charge in [0, 0.05) is 13.1 Å². The molecule has 0 fully saturated rings. The molecule has 0 spiro atoms. The molecule has 0 aliphatic rings. The fraction of sp³-hybridized carbons (Fsp3) is 0.538. The summed E-state index contributed by atoms with van der Waals surface area (Å²) in [6.45, 7) is 4.70. The van der Waals surface area contributed by atoms with E-state index >= 15 is 0 Å². The van der Waals surface area contributed by atoms with Gasteiger partial charge in [0.15, 0.2) is 0 Å². The second-order valence-corrected chi connectivity index (χ2v) is 5.61. The first-order valence-corrected chi connectivity index (χ1v) is 6.91. The third-order valence-corrected chi connectivity index (χ3v) is 3.29. The third-order valence-electron chi connectivity index (χ3n) is 2.67. The highest BCUT2D eigenvalue weighted by Gasteiger charge is 2.31. The lowest BCUT2D eigenvalue weighted by atomic mass is 10.1. The van der Waals surface area contributed by atoms with E-state index in [0.29, 0.717) is 13.1 Å². The zero-order valence-electron chi connectivity index (χ0n) is 11.2. The van der Waals surface area contributed by atoms with Gasteiger partial charge in [0.05, 0.1) is 10.6 Å². The Hall–Kier alpha value is -0.790. The topological polar surface area (TPSA) is 41.5 Å². The van der Waals surface area contributed by atoms with E-state index in [-0.39, 0.29) is 16.1 Å². The van der Waals surface area contributed by atoms with Crippen LogP contribution < -0.4 is 10.1 Å². The van der Waals surface area contributed by atoms with Crippen LogP contribution in [0.25, 0.3) is 0 Å². The number of aliphatic hydroxyl groups excluding tert-OH is 1. The SMILES string of the molecule is CC(C)C(O)CNCc1ccc(OC(F)(F)F)c(Br)c1. The molecule has 0 heterocycles. The van der Waals surface area contributed by atoms with Gasteiger partial charge in [-0.1, -0.05) is 19.9 Å². The maximum absolute atomic E-state index is 12.1. The summed E-state index contributed by atoms with van der Waals surface area (Å²) in [7, 11) is 0. The molecule has 0 amide bonds. The molecule has 0 saturated heterocycles. The molecule has 0 aromatic heterocycles. The first kappa shape index (κ1) is 17.3. The molecule has 2 N–H and O–H groups in total. The molecule has 20 heavy (non-hydrogen) atoms. The number of alkyl halides is 3. The number of hydrogen-bond acceptors (Lipinski definition) is 3. The summed E-state index contributed by atoms with van der Waals surface area (Å²) in [4.78, 5) is 0. The molecule has 1 rings (SSSR count). The molecule has 1 aromatic rings. The van der Waals surface area contributed by atoms with E-state index in [1.54, 1.807) is 12.1 Å². The van der Waals surface area contributed by atoms with Crippen molar-refractivity contribution >= 4 is 15.9 Å². The van der Waals surface area contributed by atoms with Crippen LogP contribution in [0.15, 0.2) is 22.7 Å². The zero-order valence-corrected chi connectivity index (χ0v) is 12.8. The van der Waals surface area contributed by atoms with Gasteiger partial charge in [-0.2, -0.15) is 0 Å². The molecule has 0 aliphatic heterocycles. The number of nitrogens with one attached hydrogen (secondary N) is 1. The Balaban J connectivity index is 2.55. The molecule has 114 valence electrons. The summed E-state index contributed by atoms with van der Waals surface area (Å²) >= 11 is 3.04. The maximum atomic E-state index is 12.1. The molecule has 3 nitrogen and oxygen atoms in total. The lowest BCUT2D eigenvalue weighted by Gasteiger charge is -2.15. The number of ether oxygens (including phenoxy) is 1. The largest absolute Gasteiger partial charge is 0.573 e. The first-order chi connectivity index (χ1) is 9.19. The van der Waals surface area contributed by atoms with Crippen molar-refractivity contribution in [1.82, 2.24) is 5.32 Å². The van der Waals surface area contributed by atoms with Gasteiger partial charge in [-0.15, -0.1) is 13.2 Å². The van der Waals surface area contributed by atoms with Crippen molar-refractivity contribution in [3.8, 4) is 5.75 Å². The van der Waals surface area contributed by atoms with Crippen LogP contribution >= 0.6 is 15.9 Å². The van der Waals surface area contributed by atoms with E-state index in [1.165, 1.54) is 6.07 Å². The highest BCUT2D eigenvalue weighted by molar-refractivity contribution is 9.10. The van der Waals surface area contributed by atoms with Crippen molar-refractivity contribution in [2.24, 2.45) is 5.92 Å². The van der Waals surface area contributed by atoms with Crippen molar-refractivity contribution in [2.45, 2.75) is 32.9 Å². The van der Waals surface area contributed by atoms with Crippen molar-refractivity contribution in [3.05, 3.63) is 28.2 Å². The van der Waals surface area contributed by atoms with Crippen LogP contribution in [0.4, 0.5) is 13.2 Å². The van der Waals surface area contributed by atoms with Crippen LogP contribution in [0.5, 0.6) is 5.75 Å². The van der Waals surface area contributed by atoms with E-state index in [0.717, 1.165) is 5.56 Å². The van der Waals surface area contributed by atoms with Gasteiger partial charge in [-0.3, -0.25) is 0 Å². The van der Waals surface area contributed by atoms with Crippen molar-refractivity contribution < 1.29 is 23.0 Å². The van der Waals surface area contributed by atoms with Crippen LogP contribution in [0.2, 0.25) is 0 Å². The Bertz CT molecular complexity index is 438. The van der Waals surface area contributed by atoms with E-state index in [9.17, 15) is 18.3 Å². The van der Waals surface area contributed by atoms with Gasteiger partial charge < -0.3 is 15.2 Å². The van der Waals surface area contributed by atoms with E-state index in [4.69, 9.17) is 0 Å². The normalized spacial score (nSPS) is 13.6. The number of aliphatic hydroxyl groups is 1. The smallest absolute Gasteiger partial charge is 0.405 e. The van der Waals surface area contributed by atoms with Crippen molar-refractivity contribution in [1.29, 1.82) is 0 Å². The van der Waals surface area contributed by atoms with Crippen LogP contribution in [-0.4, -0.2) is 24.1 Å². The minimum absolute atomic E-state index is 0.150. The second-order valence-electron chi connectivity index (χ2n) is 4.75. The van der Waals surface area contributed by atoms with Crippen LogP contribution in [0.1, 0.15) is 19.4 Å². The molecule has 0 radical (unpaired) electrons. The van der Waals surface area contributed by atoms with Gasteiger partial charge >= 0.3 is 6.36 Å². The summed E-state index contributed by atoms with van der Waals surface area (Å²) in [6.07, 6.45) is -5.16. The number of rotatable bonds is 6. The Labute approximate surface area is 124 Å². The van der Waals surface area contributed by atoms with E-state index in [2.05, 4.69) is 26.0 Å². The molecular weight excluding hydrogens is 339 g/mol. The van der Waals surface area contributed by atoms with Gasteiger partial charge in [0.1, 0.15) is 5.75 Å².